The molecule has 0 fully saturated rings. The van der Waals surface area contributed by atoms with Crippen molar-refractivity contribution in [3.05, 3.63) is 77.4 Å². The summed E-state index contributed by atoms with van der Waals surface area (Å²) in [6, 6.07) is 18.8. The summed E-state index contributed by atoms with van der Waals surface area (Å²) >= 11 is 0. The zero-order valence-corrected chi connectivity index (χ0v) is 13.7. The van der Waals surface area contributed by atoms with Gasteiger partial charge in [0.15, 0.2) is 0 Å². The Kier molecular flexibility index (Phi) is 4.92. The third kappa shape index (κ3) is 3.70. The first kappa shape index (κ1) is 15.5. The van der Waals surface area contributed by atoms with Crippen LogP contribution >= 0.6 is 0 Å². The Morgan fingerprint density at radius 1 is 1.00 bits per heavy atom. The molecule has 0 saturated carbocycles. The summed E-state index contributed by atoms with van der Waals surface area (Å²) in [5.74, 6) is 0.139. The summed E-state index contributed by atoms with van der Waals surface area (Å²) < 4.78 is 0. The monoisotopic (exact) mass is 305 g/mol. The standard InChI is InChI=1S/C21H23NO/c1-2-3-13-22-16-18-11-7-8-12-20(18)19(15-21(22)23)14-17-9-5-4-6-10-17/h4-12,15H,2-3,13-14,16H2,1H3. The number of fused-ring (bicyclic) bond motifs is 1. The van der Waals surface area contributed by atoms with Crippen LogP contribution in [0.15, 0.2) is 60.7 Å². The number of carbonyl (C=O) groups excluding carboxylic acids is 1. The molecular weight excluding hydrogens is 282 g/mol. The molecule has 0 N–H and O–H groups in total. The zero-order chi connectivity index (χ0) is 16.1. The number of carbonyl (C=O) groups is 1. The number of unbranched alkanes of at least 4 members (excludes halogenated alkanes) is 1. The lowest BCUT2D eigenvalue weighted by molar-refractivity contribution is -0.126. The Balaban J connectivity index is 1.94. The van der Waals surface area contributed by atoms with Crippen LogP contribution in [-0.4, -0.2) is 17.4 Å². The van der Waals surface area contributed by atoms with Crippen molar-refractivity contribution in [2.24, 2.45) is 0 Å². The van der Waals surface area contributed by atoms with Gasteiger partial charge in [-0.15, -0.1) is 0 Å². The van der Waals surface area contributed by atoms with Crippen molar-refractivity contribution in [1.82, 2.24) is 4.90 Å². The normalized spacial score (nSPS) is 14.2. The number of hydrogen-bond acceptors (Lipinski definition) is 1. The van der Waals surface area contributed by atoms with Gasteiger partial charge in [-0.2, -0.15) is 0 Å². The molecule has 0 spiro atoms. The maximum absolute atomic E-state index is 12.6. The molecular formula is C21H23NO. The van der Waals surface area contributed by atoms with Crippen LogP contribution in [0.2, 0.25) is 0 Å². The van der Waals surface area contributed by atoms with Crippen molar-refractivity contribution < 1.29 is 4.79 Å². The second-order valence-corrected chi connectivity index (χ2v) is 6.10. The van der Waals surface area contributed by atoms with Crippen LogP contribution in [0, 0.1) is 0 Å². The molecule has 0 atom stereocenters. The van der Waals surface area contributed by atoms with Gasteiger partial charge < -0.3 is 4.90 Å². The van der Waals surface area contributed by atoms with E-state index in [1.165, 1.54) is 16.7 Å². The quantitative estimate of drug-likeness (QED) is 0.799. The summed E-state index contributed by atoms with van der Waals surface area (Å²) in [4.78, 5) is 14.6. The van der Waals surface area contributed by atoms with Crippen molar-refractivity contribution in [2.45, 2.75) is 32.7 Å². The minimum atomic E-state index is 0.139. The van der Waals surface area contributed by atoms with Crippen molar-refractivity contribution in [1.29, 1.82) is 0 Å². The molecule has 0 unspecified atom stereocenters. The lowest BCUT2D eigenvalue weighted by Crippen LogP contribution is -2.29. The molecule has 0 saturated heterocycles. The van der Waals surface area contributed by atoms with E-state index in [-0.39, 0.29) is 5.91 Å². The van der Waals surface area contributed by atoms with Crippen molar-refractivity contribution in [2.75, 3.05) is 6.54 Å². The summed E-state index contributed by atoms with van der Waals surface area (Å²) in [5, 5.41) is 0. The summed E-state index contributed by atoms with van der Waals surface area (Å²) in [6.45, 7) is 3.70. The molecule has 2 aromatic rings. The Labute approximate surface area is 138 Å². The first-order valence-corrected chi connectivity index (χ1v) is 8.39. The van der Waals surface area contributed by atoms with Gasteiger partial charge in [0, 0.05) is 19.2 Å². The van der Waals surface area contributed by atoms with E-state index in [2.05, 4.69) is 43.3 Å². The van der Waals surface area contributed by atoms with Crippen LogP contribution in [0.1, 0.15) is 36.5 Å². The van der Waals surface area contributed by atoms with Gasteiger partial charge in [0.1, 0.15) is 0 Å². The predicted octanol–water partition coefficient (Wildman–Crippen LogP) is 4.46. The number of amides is 1. The van der Waals surface area contributed by atoms with Crippen LogP contribution < -0.4 is 0 Å². The van der Waals surface area contributed by atoms with E-state index in [9.17, 15) is 4.79 Å². The Morgan fingerprint density at radius 2 is 1.74 bits per heavy atom. The molecule has 1 aliphatic rings. The van der Waals surface area contributed by atoms with Gasteiger partial charge in [-0.25, -0.2) is 0 Å². The minimum Gasteiger partial charge on any atom is -0.335 e. The topological polar surface area (TPSA) is 20.3 Å². The van der Waals surface area contributed by atoms with Crippen LogP contribution in [0.3, 0.4) is 0 Å². The largest absolute Gasteiger partial charge is 0.335 e. The molecule has 23 heavy (non-hydrogen) atoms. The van der Waals surface area contributed by atoms with Crippen LogP contribution in [0.5, 0.6) is 0 Å². The molecule has 1 aliphatic heterocycles. The van der Waals surface area contributed by atoms with Crippen molar-refractivity contribution in [3.8, 4) is 0 Å². The second kappa shape index (κ2) is 7.28. The van der Waals surface area contributed by atoms with E-state index in [1.807, 2.05) is 29.2 Å². The lowest BCUT2D eigenvalue weighted by atomic mass is 9.94. The lowest BCUT2D eigenvalue weighted by Gasteiger charge is -2.20. The summed E-state index contributed by atoms with van der Waals surface area (Å²) in [7, 11) is 0. The van der Waals surface area contributed by atoms with Gasteiger partial charge in [-0.05, 0) is 35.1 Å². The van der Waals surface area contributed by atoms with E-state index in [4.69, 9.17) is 0 Å². The van der Waals surface area contributed by atoms with E-state index >= 15 is 0 Å². The third-order valence-electron chi connectivity index (χ3n) is 4.35. The van der Waals surface area contributed by atoms with Gasteiger partial charge in [-0.1, -0.05) is 67.9 Å². The van der Waals surface area contributed by atoms with E-state index in [1.54, 1.807) is 0 Å². The SMILES string of the molecule is CCCCN1Cc2ccccc2C(Cc2ccccc2)=CC1=O. The Bertz CT molecular complexity index is 703. The molecule has 2 heteroatoms. The highest BCUT2D eigenvalue weighted by atomic mass is 16.2. The fraction of sp³-hybridized carbons (Fsp3) is 0.286. The van der Waals surface area contributed by atoms with Crippen molar-refractivity contribution >= 4 is 11.5 Å². The fourth-order valence-electron chi connectivity index (χ4n) is 3.07. The molecule has 2 nitrogen and oxygen atoms in total. The number of allylic oxidation sites excluding steroid dienone is 1. The second-order valence-electron chi connectivity index (χ2n) is 6.10. The highest BCUT2D eigenvalue weighted by molar-refractivity contribution is 5.97. The van der Waals surface area contributed by atoms with Crippen LogP contribution in [0.25, 0.3) is 5.57 Å². The smallest absolute Gasteiger partial charge is 0.247 e. The van der Waals surface area contributed by atoms with Gasteiger partial charge in [0.05, 0.1) is 0 Å². The van der Waals surface area contributed by atoms with Crippen molar-refractivity contribution in [3.63, 3.8) is 0 Å². The Morgan fingerprint density at radius 3 is 2.52 bits per heavy atom. The Hall–Kier alpha value is -2.35. The molecule has 0 radical (unpaired) electrons. The van der Waals surface area contributed by atoms with E-state index in [0.717, 1.165) is 31.4 Å². The average Bonchev–Trinajstić information content (AvgIpc) is 2.71. The predicted molar refractivity (Wildman–Crippen MR) is 94.9 cm³/mol. The summed E-state index contributed by atoms with van der Waals surface area (Å²) in [6.07, 6.45) is 4.79. The van der Waals surface area contributed by atoms with Gasteiger partial charge in [-0.3, -0.25) is 4.79 Å². The number of benzene rings is 2. The molecule has 118 valence electrons. The average molecular weight is 305 g/mol. The highest BCUT2D eigenvalue weighted by Gasteiger charge is 2.20. The van der Waals surface area contributed by atoms with Gasteiger partial charge in [0.2, 0.25) is 5.91 Å². The first-order chi connectivity index (χ1) is 11.3. The van der Waals surface area contributed by atoms with E-state index in [0.29, 0.717) is 6.54 Å². The zero-order valence-electron chi connectivity index (χ0n) is 13.7. The van der Waals surface area contributed by atoms with Crippen LogP contribution in [-0.2, 0) is 17.8 Å². The molecule has 0 aromatic heterocycles. The molecule has 0 aliphatic carbocycles. The molecule has 1 amide bonds. The number of nitrogens with zero attached hydrogens (tertiary/aromatic N) is 1. The minimum absolute atomic E-state index is 0.139. The maximum atomic E-state index is 12.6. The highest BCUT2D eigenvalue weighted by Crippen LogP contribution is 2.27. The van der Waals surface area contributed by atoms with Crippen LogP contribution in [0.4, 0.5) is 0 Å². The van der Waals surface area contributed by atoms with Gasteiger partial charge in [0.25, 0.3) is 0 Å². The first-order valence-electron chi connectivity index (χ1n) is 8.39. The third-order valence-corrected chi connectivity index (χ3v) is 4.35. The molecule has 0 bridgehead atoms. The van der Waals surface area contributed by atoms with Gasteiger partial charge >= 0.3 is 0 Å². The molecule has 2 aromatic carbocycles. The molecule has 3 rings (SSSR count). The maximum Gasteiger partial charge on any atom is 0.247 e. The summed E-state index contributed by atoms with van der Waals surface area (Å²) in [5.41, 5.74) is 4.82. The number of hydrogen-bond donors (Lipinski definition) is 0. The van der Waals surface area contributed by atoms with E-state index < -0.39 is 0 Å². The fourth-order valence-corrected chi connectivity index (χ4v) is 3.07. The molecule has 1 heterocycles. The number of rotatable bonds is 5.